The third kappa shape index (κ3) is 3.70. The van der Waals surface area contributed by atoms with Crippen LogP contribution < -0.4 is 10.6 Å². The second-order valence-electron chi connectivity index (χ2n) is 4.75. The highest BCUT2D eigenvalue weighted by atomic mass is 32.1. The van der Waals surface area contributed by atoms with Crippen molar-refractivity contribution in [3.63, 3.8) is 0 Å². The van der Waals surface area contributed by atoms with E-state index in [1.54, 1.807) is 30.6 Å². The molecule has 23 heavy (non-hydrogen) atoms. The summed E-state index contributed by atoms with van der Waals surface area (Å²) in [5.74, 6) is 0.124. The van der Waals surface area contributed by atoms with Crippen molar-refractivity contribution in [2.75, 3.05) is 10.6 Å². The summed E-state index contributed by atoms with van der Waals surface area (Å²) in [6, 6.07) is 8.95. The first-order chi connectivity index (χ1) is 11.1. The molecule has 0 fully saturated rings. The van der Waals surface area contributed by atoms with Crippen molar-refractivity contribution in [2.24, 2.45) is 0 Å². The van der Waals surface area contributed by atoms with Crippen LogP contribution in [0.3, 0.4) is 0 Å². The summed E-state index contributed by atoms with van der Waals surface area (Å²) in [6.07, 6.45) is 3.37. The lowest BCUT2D eigenvalue weighted by molar-refractivity contribution is 0.102. The minimum absolute atomic E-state index is 0.321. The number of aromatic nitrogens is 3. The van der Waals surface area contributed by atoms with Gasteiger partial charge in [-0.15, -0.1) is 11.3 Å². The Morgan fingerprint density at radius 1 is 1.22 bits per heavy atom. The van der Waals surface area contributed by atoms with Crippen LogP contribution in [0.2, 0.25) is 0 Å². The summed E-state index contributed by atoms with van der Waals surface area (Å²) >= 11 is 1.41. The van der Waals surface area contributed by atoms with Crippen molar-refractivity contribution in [1.82, 2.24) is 15.0 Å². The lowest BCUT2D eigenvalue weighted by atomic mass is 10.3. The van der Waals surface area contributed by atoms with Crippen LogP contribution in [0.5, 0.6) is 0 Å². The largest absolute Gasteiger partial charge is 0.344 e. The Balaban J connectivity index is 1.83. The maximum atomic E-state index is 12.5. The normalized spacial score (nSPS) is 10.3. The van der Waals surface area contributed by atoms with Gasteiger partial charge in [0.05, 0.1) is 16.9 Å². The van der Waals surface area contributed by atoms with Crippen molar-refractivity contribution >= 4 is 33.8 Å². The fraction of sp³-hybridized carbons (Fsp3) is 0.0625. The highest BCUT2D eigenvalue weighted by molar-refractivity contribution is 7.16. The number of hydrogen-bond donors (Lipinski definition) is 2. The molecule has 7 heteroatoms. The Hall–Kier alpha value is -2.80. The Labute approximate surface area is 137 Å². The quantitative estimate of drug-likeness (QED) is 0.768. The monoisotopic (exact) mass is 324 g/mol. The lowest BCUT2D eigenvalue weighted by Crippen LogP contribution is -2.15. The van der Waals surface area contributed by atoms with E-state index in [9.17, 15) is 4.79 Å². The highest BCUT2D eigenvalue weighted by Gasteiger charge is 2.18. The fourth-order valence-electron chi connectivity index (χ4n) is 1.96. The fourth-order valence-corrected chi connectivity index (χ4v) is 2.79. The van der Waals surface area contributed by atoms with Gasteiger partial charge in [-0.05, 0) is 38.1 Å². The first kappa shape index (κ1) is 15.1. The lowest BCUT2D eigenvalue weighted by Gasteiger charge is -2.07. The zero-order chi connectivity index (χ0) is 16.2. The molecular formula is C16H14N5OS. The number of rotatable bonds is 4. The minimum Gasteiger partial charge on any atom is -0.344 e. The van der Waals surface area contributed by atoms with E-state index in [-0.39, 0.29) is 5.91 Å². The van der Waals surface area contributed by atoms with Gasteiger partial charge in [0.15, 0.2) is 5.69 Å². The van der Waals surface area contributed by atoms with Crippen molar-refractivity contribution in [1.29, 1.82) is 0 Å². The number of carbonyl (C=O) groups is 1. The average Bonchev–Trinajstić information content (AvgIpc) is 2.89. The van der Waals surface area contributed by atoms with Gasteiger partial charge in [-0.2, -0.15) is 0 Å². The van der Waals surface area contributed by atoms with E-state index in [2.05, 4.69) is 32.5 Å². The molecule has 3 aromatic rings. The number of nitrogens with one attached hydrogen (secondary N) is 2. The summed E-state index contributed by atoms with van der Waals surface area (Å²) < 4.78 is 0. The summed E-state index contributed by atoms with van der Waals surface area (Å²) in [4.78, 5) is 25.0. The zero-order valence-corrected chi connectivity index (χ0v) is 13.2. The van der Waals surface area contributed by atoms with Gasteiger partial charge < -0.3 is 10.6 Å². The van der Waals surface area contributed by atoms with Crippen LogP contribution in [0, 0.1) is 13.8 Å². The van der Waals surface area contributed by atoms with E-state index >= 15 is 0 Å². The molecule has 3 aromatic heterocycles. The number of thiazole rings is 1. The van der Waals surface area contributed by atoms with E-state index < -0.39 is 0 Å². The number of aryl methyl sites for hydroxylation is 1. The van der Waals surface area contributed by atoms with Gasteiger partial charge in [0.1, 0.15) is 10.8 Å². The van der Waals surface area contributed by atoms with Gasteiger partial charge in [-0.1, -0.05) is 6.07 Å². The predicted molar refractivity (Wildman–Crippen MR) is 91.0 cm³/mol. The minimum atomic E-state index is -0.321. The van der Waals surface area contributed by atoms with Crippen LogP contribution >= 0.6 is 11.3 Å². The Morgan fingerprint density at radius 2 is 2.09 bits per heavy atom. The molecule has 3 heterocycles. The molecule has 3 rings (SSSR count). The predicted octanol–water partition coefficient (Wildman–Crippen LogP) is 3.42. The van der Waals surface area contributed by atoms with Crippen LogP contribution in [0.15, 0.2) is 42.7 Å². The van der Waals surface area contributed by atoms with Crippen molar-refractivity contribution in [2.45, 2.75) is 6.92 Å². The molecule has 0 spiro atoms. The molecular weight excluding hydrogens is 310 g/mol. The molecule has 1 radical (unpaired) electrons. The third-order valence-electron chi connectivity index (χ3n) is 2.92. The van der Waals surface area contributed by atoms with Crippen LogP contribution in [-0.2, 0) is 0 Å². The average molecular weight is 324 g/mol. The van der Waals surface area contributed by atoms with Crippen LogP contribution in [-0.4, -0.2) is 20.9 Å². The first-order valence-corrected chi connectivity index (χ1v) is 7.68. The molecule has 0 aliphatic rings. The number of pyridine rings is 2. The Kier molecular flexibility index (Phi) is 4.29. The molecule has 0 aliphatic heterocycles. The smallest absolute Gasteiger partial charge is 0.278 e. The van der Waals surface area contributed by atoms with E-state index in [1.807, 2.05) is 19.1 Å². The topological polar surface area (TPSA) is 79.8 Å². The standard InChI is InChI=1S/C16H14N5OS/c1-10-5-3-7-13(18-10)21-15(22)14-16(23-11(2)19-14)20-12-6-4-8-17-9-12/h3-9,20H,1H2,2H3,(H,18,21,22). The molecule has 0 atom stereocenters. The Morgan fingerprint density at radius 3 is 2.83 bits per heavy atom. The first-order valence-electron chi connectivity index (χ1n) is 6.86. The van der Waals surface area contributed by atoms with Crippen LogP contribution in [0.4, 0.5) is 16.5 Å². The van der Waals surface area contributed by atoms with E-state index in [0.29, 0.717) is 22.2 Å². The van der Waals surface area contributed by atoms with E-state index in [4.69, 9.17) is 0 Å². The van der Waals surface area contributed by atoms with Gasteiger partial charge in [0.2, 0.25) is 0 Å². The van der Waals surface area contributed by atoms with Crippen LogP contribution in [0.1, 0.15) is 21.2 Å². The number of nitrogens with zero attached hydrogens (tertiary/aromatic N) is 3. The molecule has 0 saturated carbocycles. The molecule has 0 aliphatic carbocycles. The second-order valence-corrected chi connectivity index (χ2v) is 5.95. The third-order valence-corrected chi connectivity index (χ3v) is 3.80. The molecule has 1 amide bonds. The zero-order valence-electron chi connectivity index (χ0n) is 12.4. The molecule has 0 bridgehead atoms. The number of hydrogen-bond acceptors (Lipinski definition) is 6. The maximum Gasteiger partial charge on any atom is 0.278 e. The van der Waals surface area contributed by atoms with Gasteiger partial charge in [0.25, 0.3) is 5.91 Å². The highest BCUT2D eigenvalue weighted by Crippen LogP contribution is 2.28. The summed E-state index contributed by atoms with van der Waals surface area (Å²) in [7, 11) is 0. The van der Waals surface area contributed by atoms with Crippen LogP contribution in [0.25, 0.3) is 0 Å². The summed E-state index contributed by atoms with van der Waals surface area (Å²) in [5, 5.41) is 7.37. The molecule has 115 valence electrons. The molecule has 0 saturated heterocycles. The van der Waals surface area contributed by atoms with E-state index in [0.717, 1.165) is 10.7 Å². The van der Waals surface area contributed by atoms with Gasteiger partial charge >= 0.3 is 0 Å². The van der Waals surface area contributed by atoms with E-state index in [1.165, 1.54) is 11.3 Å². The Bertz CT molecular complexity index is 831. The molecule has 0 unspecified atom stereocenters. The SMILES string of the molecule is [CH2]c1cccc(NC(=O)c2nc(C)sc2Nc2cccnc2)n1. The van der Waals surface area contributed by atoms with Crippen molar-refractivity contribution in [3.8, 4) is 0 Å². The molecule has 0 aromatic carbocycles. The molecule has 6 nitrogen and oxygen atoms in total. The number of amides is 1. The van der Waals surface area contributed by atoms with Gasteiger partial charge in [-0.3, -0.25) is 9.78 Å². The van der Waals surface area contributed by atoms with Gasteiger partial charge in [-0.25, -0.2) is 9.97 Å². The maximum absolute atomic E-state index is 12.5. The second kappa shape index (κ2) is 6.53. The summed E-state index contributed by atoms with van der Waals surface area (Å²) in [6.45, 7) is 5.60. The summed E-state index contributed by atoms with van der Waals surface area (Å²) in [5.41, 5.74) is 1.71. The molecule has 2 N–H and O–H groups in total. The van der Waals surface area contributed by atoms with Gasteiger partial charge in [0, 0.05) is 11.9 Å². The number of anilines is 3. The number of carbonyl (C=O) groups excluding carboxylic acids is 1. The van der Waals surface area contributed by atoms with Crippen molar-refractivity contribution in [3.05, 3.63) is 66.0 Å². The van der Waals surface area contributed by atoms with Crippen molar-refractivity contribution < 1.29 is 4.79 Å².